The smallest absolute Gasteiger partial charge is 0.124 e. The van der Waals surface area contributed by atoms with E-state index in [1.165, 1.54) is 37.8 Å². The summed E-state index contributed by atoms with van der Waals surface area (Å²) in [5.41, 5.74) is 1.31. The highest BCUT2D eigenvalue weighted by Crippen LogP contribution is 2.48. The van der Waals surface area contributed by atoms with Gasteiger partial charge in [0.15, 0.2) is 0 Å². The Balaban J connectivity index is 1.60. The average Bonchev–Trinajstić information content (AvgIpc) is 2.99. The maximum atomic E-state index is 13.4. The zero-order chi connectivity index (χ0) is 14.1. The van der Waals surface area contributed by atoms with E-state index in [4.69, 9.17) is 5.26 Å². The molecular weight excluding hydrogens is 251 g/mol. The maximum absolute atomic E-state index is 13.4. The van der Waals surface area contributed by atoms with Crippen molar-refractivity contribution in [1.29, 1.82) is 5.26 Å². The first-order valence-corrected chi connectivity index (χ1v) is 7.52. The fraction of sp³-hybridized carbons (Fsp3) is 0.588. The second kappa shape index (κ2) is 5.54. The summed E-state index contributed by atoms with van der Waals surface area (Å²) in [6.45, 7) is 1.82. The summed E-state index contributed by atoms with van der Waals surface area (Å²) in [6, 6.07) is 6.64. The third-order valence-corrected chi connectivity index (χ3v) is 4.97. The van der Waals surface area contributed by atoms with Crippen molar-refractivity contribution in [2.24, 2.45) is 17.8 Å². The molecule has 2 fully saturated rings. The number of hydrogen-bond donors (Lipinski definition) is 0. The molecule has 3 heteroatoms. The molecule has 0 amide bonds. The molecule has 1 aromatic rings. The van der Waals surface area contributed by atoms with Crippen molar-refractivity contribution in [3.63, 3.8) is 0 Å². The SMILES string of the molecule is CN(Cc1cc(F)cc(C#N)c1)CC1CC2CCC1C2. The molecular formula is C17H21FN2. The van der Waals surface area contributed by atoms with Crippen molar-refractivity contribution in [3.8, 4) is 6.07 Å². The van der Waals surface area contributed by atoms with Gasteiger partial charge >= 0.3 is 0 Å². The fourth-order valence-corrected chi connectivity index (χ4v) is 4.18. The van der Waals surface area contributed by atoms with Gasteiger partial charge in [0.25, 0.3) is 0 Å². The number of hydrogen-bond acceptors (Lipinski definition) is 2. The van der Waals surface area contributed by atoms with Gasteiger partial charge in [-0.15, -0.1) is 0 Å². The Morgan fingerprint density at radius 1 is 1.30 bits per heavy atom. The number of fused-ring (bicyclic) bond motifs is 2. The minimum atomic E-state index is -0.313. The molecule has 0 radical (unpaired) electrons. The van der Waals surface area contributed by atoms with Crippen LogP contribution in [0.25, 0.3) is 0 Å². The predicted octanol–water partition coefficient (Wildman–Crippen LogP) is 3.57. The molecule has 2 bridgehead atoms. The lowest BCUT2D eigenvalue weighted by molar-refractivity contribution is 0.214. The van der Waals surface area contributed by atoms with E-state index in [9.17, 15) is 4.39 Å². The normalized spacial score (nSPS) is 28.0. The Hall–Kier alpha value is -1.40. The van der Waals surface area contributed by atoms with E-state index in [0.29, 0.717) is 5.56 Å². The van der Waals surface area contributed by atoms with Crippen LogP contribution in [0, 0.1) is 34.9 Å². The second-order valence-electron chi connectivity index (χ2n) is 6.59. The Morgan fingerprint density at radius 2 is 2.15 bits per heavy atom. The third kappa shape index (κ3) is 2.86. The van der Waals surface area contributed by atoms with Crippen LogP contribution in [0.4, 0.5) is 4.39 Å². The van der Waals surface area contributed by atoms with E-state index in [1.54, 1.807) is 6.07 Å². The van der Waals surface area contributed by atoms with Crippen molar-refractivity contribution in [2.75, 3.05) is 13.6 Å². The zero-order valence-electron chi connectivity index (χ0n) is 12.0. The summed E-state index contributed by atoms with van der Waals surface area (Å²) < 4.78 is 13.4. The van der Waals surface area contributed by atoms with E-state index in [2.05, 4.69) is 11.9 Å². The van der Waals surface area contributed by atoms with Crippen LogP contribution >= 0.6 is 0 Å². The van der Waals surface area contributed by atoms with Gasteiger partial charge in [-0.3, -0.25) is 0 Å². The molecule has 0 N–H and O–H groups in total. The van der Waals surface area contributed by atoms with Gasteiger partial charge in [-0.05, 0) is 67.8 Å². The molecule has 0 heterocycles. The fourth-order valence-electron chi connectivity index (χ4n) is 4.18. The Bertz CT molecular complexity index is 534. The average molecular weight is 272 g/mol. The molecule has 3 rings (SSSR count). The van der Waals surface area contributed by atoms with Crippen LogP contribution < -0.4 is 0 Å². The number of nitriles is 1. The summed E-state index contributed by atoms with van der Waals surface area (Å²) >= 11 is 0. The molecule has 2 saturated carbocycles. The Kier molecular flexibility index (Phi) is 3.76. The Labute approximate surface area is 120 Å². The van der Waals surface area contributed by atoms with E-state index in [-0.39, 0.29) is 5.82 Å². The monoisotopic (exact) mass is 272 g/mol. The highest BCUT2D eigenvalue weighted by Gasteiger charge is 2.39. The lowest BCUT2D eigenvalue weighted by Gasteiger charge is -2.27. The molecule has 3 unspecified atom stereocenters. The third-order valence-electron chi connectivity index (χ3n) is 4.97. The minimum Gasteiger partial charge on any atom is -0.302 e. The quantitative estimate of drug-likeness (QED) is 0.838. The molecule has 0 aromatic heterocycles. The molecule has 2 aliphatic carbocycles. The topological polar surface area (TPSA) is 27.0 Å². The summed E-state index contributed by atoms with van der Waals surface area (Å²) in [7, 11) is 2.10. The highest BCUT2D eigenvalue weighted by molar-refractivity contribution is 5.33. The standard InChI is InChI=1S/C17H21FN2/c1-20(11-16-6-12-2-3-15(16)5-12)10-14-4-13(9-19)7-17(18)8-14/h4,7-8,12,15-16H,2-3,5-6,10-11H2,1H3. The van der Waals surface area contributed by atoms with Gasteiger partial charge < -0.3 is 4.90 Å². The van der Waals surface area contributed by atoms with Gasteiger partial charge in [-0.25, -0.2) is 4.39 Å². The molecule has 2 nitrogen and oxygen atoms in total. The summed E-state index contributed by atoms with van der Waals surface area (Å²) in [6.07, 6.45) is 5.64. The number of rotatable bonds is 4. The van der Waals surface area contributed by atoms with Crippen molar-refractivity contribution in [3.05, 3.63) is 35.1 Å². The van der Waals surface area contributed by atoms with Crippen LogP contribution in [0.5, 0.6) is 0 Å². The van der Waals surface area contributed by atoms with Gasteiger partial charge in [-0.2, -0.15) is 5.26 Å². The van der Waals surface area contributed by atoms with Gasteiger partial charge in [0.05, 0.1) is 11.6 Å². The van der Waals surface area contributed by atoms with E-state index >= 15 is 0 Å². The minimum absolute atomic E-state index is 0.313. The first-order chi connectivity index (χ1) is 9.64. The molecule has 106 valence electrons. The van der Waals surface area contributed by atoms with Crippen molar-refractivity contribution < 1.29 is 4.39 Å². The van der Waals surface area contributed by atoms with Gasteiger partial charge in [-0.1, -0.05) is 6.42 Å². The summed E-state index contributed by atoms with van der Waals surface area (Å²) in [5.74, 6) is 2.40. The first kappa shape index (κ1) is 13.6. The number of benzene rings is 1. The first-order valence-electron chi connectivity index (χ1n) is 7.52. The predicted molar refractivity (Wildman–Crippen MR) is 76.4 cm³/mol. The molecule has 1 aromatic carbocycles. The zero-order valence-corrected chi connectivity index (χ0v) is 12.0. The Morgan fingerprint density at radius 3 is 2.80 bits per heavy atom. The molecule has 3 atom stereocenters. The van der Waals surface area contributed by atoms with Crippen LogP contribution in [-0.4, -0.2) is 18.5 Å². The van der Waals surface area contributed by atoms with Crippen molar-refractivity contribution in [1.82, 2.24) is 4.90 Å². The van der Waals surface area contributed by atoms with E-state index in [0.717, 1.165) is 36.4 Å². The van der Waals surface area contributed by atoms with Crippen molar-refractivity contribution >= 4 is 0 Å². The molecule has 0 spiro atoms. The van der Waals surface area contributed by atoms with Gasteiger partial charge in [0.1, 0.15) is 5.82 Å². The number of nitrogens with zero attached hydrogens (tertiary/aromatic N) is 2. The molecule has 0 aliphatic heterocycles. The molecule has 20 heavy (non-hydrogen) atoms. The maximum Gasteiger partial charge on any atom is 0.124 e. The van der Waals surface area contributed by atoms with Crippen molar-refractivity contribution in [2.45, 2.75) is 32.2 Å². The largest absolute Gasteiger partial charge is 0.302 e. The van der Waals surface area contributed by atoms with Crippen LogP contribution in [-0.2, 0) is 6.54 Å². The van der Waals surface area contributed by atoms with Crippen LogP contribution in [0.2, 0.25) is 0 Å². The van der Waals surface area contributed by atoms with Crippen LogP contribution in [0.1, 0.15) is 36.8 Å². The summed E-state index contributed by atoms with van der Waals surface area (Å²) in [4.78, 5) is 2.28. The molecule has 2 aliphatic rings. The number of halogens is 1. The lowest BCUT2D eigenvalue weighted by atomic mass is 9.88. The van der Waals surface area contributed by atoms with Gasteiger partial charge in [0, 0.05) is 13.1 Å². The lowest BCUT2D eigenvalue weighted by Crippen LogP contribution is -2.28. The summed E-state index contributed by atoms with van der Waals surface area (Å²) in [5, 5.41) is 8.89. The van der Waals surface area contributed by atoms with E-state index in [1.807, 2.05) is 6.07 Å². The second-order valence-corrected chi connectivity index (χ2v) is 6.59. The molecule has 0 saturated heterocycles. The van der Waals surface area contributed by atoms with Gasteiger partial charge in [0.2, 0.25) is 0 Å². The van der Waals surface area contributed by atoms with E-state index < -0.39 is 0 Å². The van der Waals surface area contributed by atoms with Crippen LogP contribution in [0.15, 0.2) is 18.2 Å². The van der Waals surface area contributed by atoms with Crippen LogP contribution in [0.3, 0.4) is 0 Å². The highest BCUT2D eigenvalue weighted by atomic mass is 19.1.